The van der Waals surface area contributed by atoms with Crippen LogP contribution in [0.15, 0.2) is 140 Å². The van der Waals surface area contributed by atoms with Gasteiger partial charge < -0.3 is 4.57 Å². The highest BCUT2D eigenvalue weighted by Crippen LogP contribution is 2.51. The molecule has 7 aromatic carbocycles. The van der Waals surface area contributed by atoms with Crippen molar-refractivity contribution in [3.8, 4) is 39.5 Å². The Bertz CT molecular complexity index is 3100. The number of para-hydroxylation sites is 1. The number of fused-ring (bicyclic) bond motifs is 10. The van der Waals surface area contributed by atoms with Gasteiger partial charge >= 0.3 is 0 Å². The quantitative estimate of drug-likeness (QED) is 0.170. The lowest BCUT2D eigenvalue weighted by atomic mass is 9.63. The van der Waals surface area contributed by atoms with E-state index in [2.05, 4.69) is 186 Å². The van der Waals surface area contributed by atoms with Crippen LogP contribution in [0.3, 0.4) is 0 Å². The van der Waals surface area contributed by atoms with Crippen LogP contribution in [0.25, 0.3) is 82.9 Å². The summed E-state index contributed by atoms with van der Waals surface area (Å²) in [5.74, 6) is 0.735. The normalized spacial score (nSPS) is 16.3. The van der Waals surface area contributed by atoms with E-state index in [-0.39, 0.29) is 16.2 Å². The third kappa shape index (κ3) is 4.70. The molecule has 3 nitrogen and oxygen atoms in total. The van der Waals surface area contributed by atoms with Crippen LogP contribution in [-0.2, 0) is 16.2 Å². The molecule has 0 amide bonds. The predicted octanol–water partition coefficient (Wildman–Crippen LogP) is 13.9. The zero-order chi connectivity index (χ0) is 38.1. The minimum Gasteiger partial charge on any atom is -0.309 e. The average Bonchev–Trinajstić information content (AvgIpc) is 3.66. The van der Waals surface area contributed by atoms with E-state index in [9.17, 15) is 0 Å². The van der Waals surface area contributed by atoms with Gasteiger partial charge in [0, 0.05) is 43.8 Å². The van der Waals surface area contributed by atoms with Gasteiger partial charge in [-0.05, 0) is 117 Å². The second-order valence-corrected chi connectivity index (χ2v) is 18.1. The zero-order valence-corrected chi connectivity index (χ0v) is 33.0. The number of aromatic nitrogens is 3. The van der Waals surface area contributed by atoms with Gasteiger partial charge in [-0.2, -0.15) is 0 Å². The van der Waals surface area contributed by atoms with Gasteiger partial charge in [0.1, 0.15) is 0 Å². The Hall–Kier alpha value is -6.06. The van der Waals surface area contributed by atoms with Crippen LogP contribution in [0.2, 0.25) is 0 Å². The van der Waals surface area contributed by atoms with Crippen LogP contribution in [0, 0.1) is 0 Å². The van der Waals surface area contributed by atoms with Gasteiger partial charge in [-0.15, -0.1) is 0 Å². The molecule has 11 rings (SSSR count). The SMILES string of the molecule is CC1(C)CCC(C)(C)c2cc3c(cc21)c1ccccc1n3-c1ccc(-c2nc(-c3ccc4c(c3)C(C)(C)c3ccccc3-4)c3ccc4ccccc4c3n2)cc1. The molecule has 9 aromatic rings. The molecule has 2 heterocycles. The fourth-order valence-electron chi connectivity index (χ4n) is 10.1. The van der Waals surface area contributed by atoms with E-state index < -0.39 is 0 Å². The summed E-state index contributed by atoms with van der Waals surface area (Å²) in [7, 11) is 0. The first-order valence-electron chi connectivity index (χ1n) is 20.1. The van der Waals surface area contributed by atoms with Crippen molar-refractivity contribution in [1.29, 1.82) is 0 Å². The number of hydrogen-bond donors (Lipinski definition) is 0. The Morgan fingerprint density at radius 3 is 1.93 bits per heavy atom. The fraction of sp³-hybridized carbons (Fsp3) is 0.208. The molecule has 0 spiro atoms. The van der Waals surface area contributed by atoms with Crippen LogP contribution >= 0.6 is 0 Å². The van der Waals surface area contributed by atoms with Crippen LogP contribution in [-0.4, -0.2) is 14.5 Å². The molecular formula is C53H45N3. The van der Waals surface area contributed by atoms with Crippen molar-refractivity contribution in [3.05, 3.63) is 162 Å². The number of benzene rings is 7. The first-order chi connectivity index (χ1) is 27.0. The zero-order valence-electron chi connectivity index (χ0n) is 33.0. The lowest BCUT2D eigenvalue weighted by molar-refractivity contribution is 0.332. The summed E-state index contributed by atoms with van der Waals surface area (Å²) in [6.45, 7) is 14.3. The molecule has 2 aromatic heterocycles. The van der Waals surface area contributed by atoms with Crippen molar-refractivity contribution in [3.63, 3.8) is 0 Å². The standard InChI is InChI=1S/C53H45N3/c1-51(2)27-28-52(3,4)45-31-47-41(30-44(45)51)39-16-10-12-18-46(39)56(47)35-23-19-33(20-24-35)50-54-48(40-26-21-32-13-7-8-14-36(32)49(40)55-50)34-22-25-38-37-15-9-11-17-42(37)53(5,6)43(38)29-34/h7-26,29-31H,27-28H2,1-6H3. The minimum absolute atomic E-state index is 0.103. The van der Waals surface area contributed by atoms with Crippen molar-refractivity contribution in [2.45, 2.75) is 70.6 Å². The van der Waals surface area contributed by atoms with Crippen LogP contribution < -0.4 is 0 Å². The van der Waals surface area contributed by atoms with Crippen molar-refractivity contribution >= 4 is 43.5 Å². The molecule has 0 unspecified atom stereocenters. The summed E-state index contributed by atoms with van der Waals surface area (Å²) >= 11 is 0. The van der Waals surface area contributed by atoms with Crippen molar-refractivity contribution in [1.82, 2.24) is 14.5 Å². The Kier molecular flexibility index (Phi) is 6.83. The summed E-state index contributed by atoms with van der Waals surface area (Å²) in [5.41, 5.74) is 16.2. The highest BCUT2D eigenvalue weighted by atomic mass is 15.0. The Balaban J connectivity index is 1.09. The van der Waals surface area contributed by atoms with E-state index in [1.807, 2.05) is 0 Å². The van der Waals surface area contributed by atoms with Gasteiger partial charge in [0.05, 0.1) is 22.2 Å². The van der Waals surface area contributed by atoms with E-state index in [0.717, 1.165) is 44.6 Å². The summed E-state index contributed by atoms with van der Waals surface area (Å²) < 4.78 is 2.46. The highest BCUT2D eigenvalue weighted by molar-refractivity contribution is 6.11. The molecule has 0 saturated heterocycles. The molecule has 0 fully saturated rings. The maximum atomic E-state index is 5.42. The van der Waals surface area contributed by atoms with Gasteiger partial charge in [-0.25, -0.2) is 9.97 Å². The molecule has 272 valence electrons. The fourth-order valence-corrected chi connectivity index (χ4v) is 10.1. The highest BCUT2D eigenvalue weighted by Gasteiger charge is 2.38. The van der Waals surface area contributed by atoms with Crippen LogP contribution in [0.4, 0.5) is 0 Å². The average molecular weight is 724 g/mol. The molecule has 2 aliphatic rings. The molecule has 0 aliphatic heterocycles. The topological polar surface area (TPSA) is 30.7 Å². The second-order valence-electron chi connectivity index (χ2n) is 18.1. The summed E-state index contributed by atoms with van der Waals surface area (Å²) in [6, 6.07) is 51.5. The molecule has 2 aliphatic carbocycles. The van der Waals surface area contributed by atoms with E-state index in [1.54, 1.807) is 0 Å². The van der Waals surface area contributed by atoms with Gasteiger partial charge in [0.2, 0.25) is 0 Å². The van der Waals surface area contributed by atoms with Crippen LogP contribution in [0.1, 0.15) is 76.6 Å². The van der Waals surface area contributed by atoms with Gasteiger partial charge in [-0.3, -0.25) is 0 Å². The monoisotopic (exact) mass is 723 g/mol. The maximum Gasteiger partial charge on any atom is 0.160 e. The van der Waals surface area contributed by atoms with Crippen molar-refractivity contribution < 1.29 is 0 Å². The summed E-state index contributed by atoms with van der Waals surface area (Å²) in [6.07, 6.45) is 2.39. The predicted molar refractivity (Wildman–Crippen MR) is 235 cm³/mol. The summed E-state index contributed by atoms with van der Waals surface area (Å²) in [5, 5.41) is 6.00. The third-order valence-corrected chi connectivity index (χ3v) is 13.5. The molecule has 0 atom stereocenters. The Labute approximate surface area is 328 Å². The number of hydrogen-bond acceptors (Lipinski definition) is 2. The number of nitrogens with zero attached hydrogens (tertiary/aromatic N) is 3. The van der Waals surface area contributed by atoms with Crippen molar-refractivity contribution in [2.75, 3.05) is 0 Å². The number of rotatable bonds is 3. The largest absolute Gasteiger partial charge is 0.309 e. The lowest BCUT2D eigenvalue weighted by Gasteiger charge is -2.42. The molecular weight excluding hydrogens is 679 g/mol. The minimum atomic E-state index is -0.103. The van der Waals surface area contributed by atoms with E-state index in [0.29, 0.717) is 0 Å². The molecule has 0 radical (unpaired) electrons. The Morgan fingerprint density at radius 2 is 1.12 bits per heavy atom. The van der Waals surface area contributed by atoms with E-state index in [4.69, 9.17) is 9.97 Å². The van der Waals surface area contributed by atoms with Crippen LogP contribution in [0.5, 0.6) is 0 Å². The molecule has 0 saturated carbocycles. The first-order valence-corrected chi connectivity index (χ1v) is 20.1. The second kappa shape index (κ2) is 11.5. The molecule has 0 bridgehead atoms. The first kappa shape index (κ1) is 33.3. The smallest absolute Gasteiger partial charge is 0.160 e. The maximum absolute atomic E-state index is 5.42. The third-order valence-electron chi connectivity index (χ3n) is 13.5. The van der Waals surface area contributed by atoms with Gasteiger partial charge in [-0.1, -0.05) is 126 Å². The molecule has 56 heavy (non-hydrogen) atoms. The van der Waals surface area contributed by atoms with E-state index >= 15 is 0 Å². The van der Waals surface area contributed by atoms with E-state index in [1.165, 1.54) is 73.4 Å². The van der Waals surface area contributed by atoms with Gasteiger partial charge in [0.15, 0.2) is 5.82 Å². The molecule has 0 N–H and O–H groups in total. The van der Waals surface area contributed by atoms with Gasteiger partial charge in [0.25, 0.3) is 0 Å². The van der Waals surface area contributed by atoms with Crippen molar-refractivity contribution in [2.24, 2.45) is 0 Å². The lowest BCUT2D eigenvalue weighted by Crippen LogP contribution is -2.33. The Morgan fingerprint density at radius 1 is 0.464 bits per heavy atom. The summed E-state index contributed by atoms with van der Waals surface area (Å²) in [4.78, 5) is 10.8. The molecule has 3 heteroatoms.